The lowest BCUT2D eigenvalue weighted by Gasteiger charge is -2.54. The quantitative estimate of drug-likeness (QED) is 0.810. The van der Waals surface area contributed by atoms with Gasteiger partial charge >= 0.3 is 0 Å². The van der Waals surface area contributed by atoms with E-state index in [0.29, 0.717) is 0 Å². The van der Waals surface area contributed by atoms with E-state index in [9.17, 15) is 9.90 Å². The van der Waals surface area contributed by atoms with Crippen LogP contribution in [0.15, 0.2) is 42.5 Å². The van der Waals surface area contributed by atoms with Gasteiger partial charge in [0.25, 0.3) is 0 Å². The van der Waals surface area contributed by atoms with Gasteiger partial charge in [0.15, 0.2) is 0 Å². The smallest absolute Gasteiger partial charge is 0.220 e. The number of carbonyl (C=O) groups excluding carboxylic acids is 1. The van der Waals surface area contributed by atoms with Crippen LogP contribution in [0.2, 0.25) is 0 Å². The lowest BCUT2D eigenvalue weighted by atomic mass is 9.73. The molecule has 2 aliphatic heterocycles. The predicted octanol–water partition coefficient (Wildman–Crippen LogP) is 1.49. The number of fused-ring (bicyclic) bond motifs is 1. The van der Waals surface area contributed by atoms with Crippen molar-refractivity contribution in [3.05, 3.63) is 48.0 Å². The van der Waals surface area contributed by atoms with Crippen LogP contribution in [0.25, 0.3) is 0 Å². The molecule has 112 valence electrons. The van der Waals surface area contributed by atoms with Gasteiger partial charge in [0, 0.05) is 19.4 Å². The molecular weight excluding hydrogens is 264 g/mol. The molecule has 0 saturated carbocycles. The Kier molecular flexibility index (Phi) is 3.83. The van der Waals surface area contributed by atoms with Crippen molar-refractivity contribution in [1.82, 2.24) is 10.2 Å². The highest BCUT2D eigenvalue weighted by Crippen LogP contribution is 2.42. The predicted molar refractivity (Wildman–Crippen MR) is 81.6 cm³/mol. The summed E-state index contributed by atoms with van der Waals surface area (Å²) in [6.45, 7) is 3.25. The van der Waals surface area contributed by atoms with E-state index in [1.54, 1.807) is 6.92 Å². The molecule has 1 saturated heterocycles. The van der Waals surface area contributed by atoms with Gasteiger partial charge in [-0.05, 0) is 18.5 Å². The maximum Gasteiger partial charge on any atom is 0.220 e. The van der Waals surface area contributed by atoms with Crippen LogP contribution in [0, 0.1) is 5.92 Å². The summed E-state index contributed by atoms with van der Waals surface area (Å²) < 4.78 is 0. The Morgan fingerprint density at radius 2 is 2.14 bits per heavy atom. The first kappa shape index (κ1) is 14.3. The number of rotatable bonds is 2. The minimum absolute atomic E-state index is 0.00655. The van der Waals surface area contributed by atoms with Gasteiger partial charge in [-0.1, -0.05) is 42.5 Å². The standard InChI is InChI=1S/C17H22N2O2/c1-13(21)19-16(14-5-3-2-4-6-14)8-7-15-11-18-10-9-17(15,19)12-20/h2-8,15-16,18,20H,9-12H2,1H3/t15-,16+,17+/m1/s1. The zero-order valence-corrected chi connectivity index (χ0v) is 12.3. The van der Waals surface area contributed by atoms with E-state index in [0.717, 1.165) is 25.1 Å². The molecule has 1 aromatic carbocycles. The van der Waals surface area contributed by atoms with Crippen LogP contribution < -0.4 is 5.32 Å². The van der Waals surface area contributed by atoms with Crippen molar-refractivity contribution in [2.45, 2.75) is 24.9 Å². The lowest BCUT2D eigenvalue weighted by Crippen LogP contribution is -2.65. The second-order valence-electron chi connectivity index (χ2n) is 5.95. The minimum atomic E-state index is -0.480. The monoisotopic (exact) mass is 286 g/mol. The van der Waals surface area contributed by atoms with Gasteiger partial charge in [0.1, 0.15) is 0 Å². The van der Waals surface area contributed by atoms with Crippen molar-refractivity contribution >= 4 is 5.91 Å². The van der Waals surface area contributed by atoms with Crippen LogP contribution in [-0.4, -0.2) is 41.1 Å². The maximum atomic E-state index is 12.4. The Labute approximate surface area is 125 Å². The van der Waals surface area contributed by atoms with Crippen LogP contribution in [0.5, 0.6) is 0 Å². The van der Waals surface area contributed by atoms with Crippen molar-refractivity contribution in [3.63, 3.8) is 0 Å². The lowest BCUT2D eigenvalue weighted by molar-refractivity contribution is -0.145. The summed E-state index contributed by atoms with van der Waals surface area (Å²) in [6.07, 6.45) is 5.04. The Balaban J connectivity index is 2.07. The molecule has 2 heterocycles. The summed E-state index contributed by atoms with van der Waals surface area (Å²) >= 11 is 0. The number of aliphatic hydroxyl groups excluding tert-OH is 1. The van der Waals surface area contributed by atoms with Crippen molar-refractivity contribution in [1.29, 1.82) is 0 Å². The number of carbonyl (C=O) groups is 1. The molecule has 0 aromatic heterocycles. The number of amides is 1. The van der Waals surface area contributed by atoms with Gasteiger partial charge in [0.2, 0.25) is 5.91 Å². The fraction of sp³-hybridized carbons (Fsp3) is 0.471. The highest BCUT2D eigenvalue weighted by atomic mass is 16.3. The molecule has 3 atom stereocenters. The molecule has 3 rings (SSSR count). The first-order valence-electron chi connectivity index (χ1n) is 7.54. The van der Waals surface area contributed by atoms with Crippen LogP contribution >= 0.6 is 0 Å². The largest absolute Gasteiger partial charge is 0.394 e. The van der Waals surface area contributed by atoms with Crippen LogP contribution in [0.3, 0.4) is 0 Å². The summed E-state index contributed by atoms with van der Waals surface area (Å²) in [6, 6.07) is 9.94. The normalized spacial score (nSPS) is 31.8. The van der Waals surface area contributed by atoms with Gasteiger partial charge in [-0.25, -0.2) is 0 Å². The second kappa shape index (κ2) is 5.62. The third-order valence-corrected chi connectivity index (χ3v) is 4.83. The van der Waals surface area contributed by atoms with Crippen molar-refractivity contribution < 1.29 is 9.90 Å². The molecule has 21 heavy (non-hydrogen) atoms. The molecular formula is C17H22N2O2. The first-order chi connectivity index (χ1) is 10.2. The Morgan fingerprint density at radius 1 is 1.38 bits per heavy atom. The fourth-order valence-corrected chi connectivity index (χ4v) is 3.78. The van der Waals surface area contributed by atoms with E-state index in [1.165, 1.54) is 0 Å². The van der Waals surface area contributed by atoms with Crippen LogP contribution in [0.1, 0.15) is 24.9 Å². The minimum Gasteiger partial charge on any atom is -0.394 e. The molecule has 2 N–H and O–H groups in total. The van der Waals surface area contributed by atoms with E-state index < -0.39 is 5.54 Å². The van der Waals surface area contributed by atoms with Gasteiger partial charge in [-0.2, -0.15) is 0 Å². The number of hydrogen-bond acceptors (Lipinski definition) is 3. The zero-order valence-electron chi connectivity index (χ0n) is 12.3. The van der Waals surface area contributed by atoms with Gasteiger partial charge < -0.3 is 15.3 Å². The maximum absolute atomic E-state index is 12.4. The summed E-state index contributed by atoms with van der Waals surface area (Å²) in [7, 11) is 0. The molecule has 0 bridgehead atoms. The molecule has 2 aliphatic rings. The third kappa shape index (κ3) is 2.28. The zero-order chi connectivity index (χ0) is 14.9. The topological polar surface area (TPSA) is 52.6 Å². The van der Waals surface area contributed by atoms with E-state index in [2.05, 4.69) is 17.5 Å². The van der Waals surface area contributed by atoms with Crippen molar-refractivity contribution in [3.8, 4) is 0 Å². The third-order valence-electron chi connectivity index (χ3n) is 4.83. The van der Waals surface area contributed by atoms with E-state index in [-0.39, 0.29) is 24.5 Å². The highest BCUT2D eigenvalue weighted by Gasteiger charge is 2.49. The summed E-state index contributed by atoms with van der Waals surface area (Å²) in [5.41, 5.74) is 0.612. The highest BCUT2D eigenvalue weighted by molar-refractivity contribution is 5.76. The molecule has 1 amide bonds. The Morgan fingerprint density at radius 3 is 2.81 bits per heavy atom. The van der Waals surface area contributed by atoms with Crippen LogP contribution in [0.4, 0.5) is 0 Å². The van der Waals surface area contributed by atoms with E-state index >= 15 is 0 Å². The molecule has 0 aliphatic carbocycles. The first-order valence-corrected chi connectivity index (χ1v) is 7.54. The molecule has 1 aromatic rings. The van der Waals surface area contributed by atoms with Crippen molar-refractivity contribution in [2.75, 3.05) is 19.7 Å². The van der Waals surface area contributed by atoms with E-state index in [4.69, 9.17) is 0 Å². The molecule has 0 unspecified atom stereocenters. The number of aliphatic hydroxyl groups is 1. The Bertz CT molecular complexity index is 543. The van der Waals surface area contributed by atoms with Crippen molar-refractivity contribution in [2.24, 2.45) is 5.92 Å². The Hall–Kier alpha value is -1.65. The van der Waals surface area contributed by atoms with E-state index in [1.807, 2.05) is 35.2 Å². The summed E-state index contributed by atoms with van der Waals surface area (Å²) in [5, 5.41) is 13.5. The number of piperidine rings is 1. The van der Waals surface area contributed by atoms with Gasteiger partial charge in [0.05, 0.1) is 18.2 Å². The van der Waals surface area contributed by atoms with Gasteiger partial charge in [-0.3, -0.25) is 4.79 Å². The molecule has 0 spiro atoms. The molecule has 0 radical (unpaired) electrons. The molecule has 1 fully saturated rings. The fourth-order valence-electron chi connectivity index (χ4n) is 3.78. The average molecular weight is 286 g/mol. The average Bonchev–Trinajstić information content (AvgIpc) is 2.54. The summed E-state index contributed by atoms with van der Waals surface area (Å²) in [4.78, 5) is 14.3. The second-order valence-corrected chi connectivity index (χ2v) is 5.95. The van der Waals surface area contributed by atoms with Gasteiger partial charge in [-0.15, -0.1) is 0 Å². The summed E-state index contributed by atoms with van der Waals surface area (Å²) in [5.74, 6) is 0.189. The molecule has 4 heteroatoms. The number of hydrogen-bond donors (Lipinski definition) is 2. The SMILES string of the molecule is CC(=O)N1[C@H](c2ccccc2)C=C[C@@H]2CNCC[C@]21CO. The number of nitrogens with one attached hydrogen (secondary N) is 1. The number of benzene rings is 1. The van der Waals surface area contributed by atoms with Crippen LogP contribution in [-0.2, 0) is 4.79 Å². The molecule has 4 nitrogen and oxygen atoms in total. The number of nitrogens with zero attached hydrogens (tertiary/aromatic N) is 1.